The summed E-state index contributed by atoms with van der Waals surface area (Å²) in [6.45, 7) is 18.9. The van der Waals surface area contributed by atoms with Crippen molar-refractivity contribution in [3.63, 3.8) is 0 Å². The maximum Gasteiger partial charge on any atom is 0.410 e. The highest BCUT2D eigenvalue weighted by Gasteiger charge is 2.35. The van der Waals surface area contributed by atoms with Crippen LogP contribution in [-0.2, 0) is 11.3 Å². The molecule has 1 fully saturated rings. The number of aromatic nitrogens is 3. The fraction of sp³-hybridized carbons (Fsp3) is 0.389. The van der Waals surface area contributed by atoms with Gasteiger partial charge in [-0.1, -0.05) is 38.6 Å². The Bertz CT molecular complexity index is 1940. The Morgan fingerprint density at radius 2 is 1.96 bits per heavy atom. The zero-order chi connectivity index (χ0) is 33.1. The van der Waals surface area contributed by atoms with Gasteiger partial charge in [-0.25, -0.2) is 14.0 Å². The summed E-state index contributed by atoms with van der Waals surface area (Å²) >= 11 is 0. The van der Waals surface area contributed by atoms with Crippen LogP contribution < -0.4 is 15.3 Å². The van der Waals surface area contributed by atoms with Crippen molar-refractivity contribution >= 4 is 28.9 Å². The minimum atomic E-state index is -0.614. The van der Waals surface area contributed by atoms with Crippen molar-refractivity contribution in [1.82, 2.24) is 19.4 Å². The van der Waals surface area contributed by atoms with E-state index in [0.29, 0.717) is 70.0 Å². The van der Waals surface area contributed by atoms with Gasteiger partial charge in [-0.15, -0.1) is 0 Å². The van der Waals surface area contributed by atoms with Crippen LogP contribution in [0.4, 0.5) is 15.0 Å². The van der Waals surface area contributed by atoms with E-state index < -0.39 is 11.3 Å². The van der Waals surface area contributed by atoms with E-state index in [4.69, 9.17) is 14.5 Å². The highest BCUT2D eigenvalue weighted by molar-refractivity contribution is 6.03. The molecule has 0 aliphatic carbocycles. The fourth-order valence-corrected chi connectivity index (χ4v) is 6.51. The van der Waals surface area contributed by atoms with E-state index in [1.807, 2.05) is 71.6 Å². The molecular weight excluding hydrogens is 585 g/mol. The van der Waals surface area contributed by atoms with Crippen molar-refractivity contribution in [1.29, 1.82) is 0 Å². The second-order valence-electron chi connectivity index (χ2n) is 13.4. The number of amides is 1. The molecule has 9 nitrogen and oxygen atoms in total. The summed E-state index contributed by atoms with van der Waals surface area (Å²) in [4.78, 5) is 40.4. The number of carbonyl (C=O) groups is 1. The van der Waals surface area contributed by atoms with Gasteiger partial charge in [-0.05, 0) is 69.9 Å². The van der Waals surface area contributed by atoms with Gasteiger partial charge < -0.3 is 19.3 Å². The summed E-state index contributed by atoms with van der Waals surface area (Å²) in [5.74, 6) is 0.484. The molecule has 4 heterocycles. The zero-order valence-corrected chi connectivity index (χ0v) is 27.5. The molecule has 2 aliphatic heterocycles. The van der Waals surface area contributed by atoms with Crippen LogP contribution in [0.3, 0.4) is 0 Å². The third kappa shape index (κ3) is 5.29. The summed E-state index contributed by atoms with van der Waals surface area (Å²) in [5.41, 5.74) is 3.94. The van der Waals surface area contributed by atoms with Gasteiger partial charge >= 0.3 is 11.8 Å². The maximum absolute atomic E-state index is 15.6. The van der Waals surface area contributed by atoms with Crippen molar-refractivity contribution < 1.29 is 18.7 Å². The van der Waals surface area contributed by atoms with Crippen LogP contribution in [0.15, 0.2) is 47.9 Å². The molecule has 2 aromatic heterocycles. The number of aryl methyl sites for hydroxylation is 1. The third-order valence-electron chi connectivity index (χ3n) is 8.56. The van der Waals surface area contributed by atoms with Crippen LogP contribution in [0.1, 0.15) is 69.8 Å². The van der Waals surface area contributed by atoms with Gasteiger partial charge in [0.15, 0.2) is 5.75 Å². The number of carbonyl (C=O) groups excluding carboxylic acids is 1. The summed E-state index contributed by atoms with van der Waals surface area (Å²) in [6.07, 6.45) is 3.04. The van der Waals surface area contributed by atoms with Crippen LogP contribution in [-0.4, -0.2) is 56.8 Å². The summed E-state index contributed by atoms with van der Waals surface area (Å²) in [7, 11) is 0. The molecule has 2 aromatic carbocycles. The van der Waals surface area contributed by atoms with Crippen LogP contribution >= 0.6 is 0 Å². The van der Waals surface area contributed by atoms with Crippen LogP contribution in [0.25, 0.3) is 33.8 Å². The molecule has 4 aromatic rings. The molecule has 1 saturated heterocycles. The van der Waals surface area contributed by atoms with Gasteiger partial charge in [0.1, 0.15) is 29.4 Å². The summed E-state index contributed by atoms with van der Waals surface area (Å²) < 4.78 is 29.3. The Labute approximate surface area is 268 Å². The quantitative estimate of drug-likeness (QED) is 0.241. The second-order valence-corrected chi connectivity index (χ2v) is 13.4. The Hall–Kier alpha value is -4.73. The number of piperazine rings is 1. The molecule has 0 bridgehead atoms. The van der Waals surface area contributed by atoms with E-state index in [1.54, 1.807) is 27.8 Å². The van der Waals surface area contributed by atoms with Gasteiger partial charge in [0, 0.05) is 53.9 Å². The Morgan fingerprint density at radius 1 is 1.20 bits per heavy atom. The predicted octanol–water partition coefficient (Wildman–Crippen LogP) is 7.00. The van der Waals surface area contributed by atoms with Gasteiger partial charge in [0.05, 0.1) is 11.4 Å². The zero-order valence-electron chi connectivity index (χ0n) is 27.5. The maximum atomic E-state index is 15.6. The highest BCUT2D eigenvalue weighted by atomic mass is 19.1. The lowest BCUT2D eigenvalue weighted by Gasteiger charge is -2.41. The molecule has 0 spiro atoms. The standard InChI is InChI=1S/C36H40FN5O4/c1-9-23-17-25-31(32-28(23)27-24(19-45-32)11-10-12-26(27)37)42(30-21(4)13-14-38-29(30)20(2)3)34(43)39-33(25)41-16-15-40(18-22(41)5)35(44)46-36(6,7)8/h9-14,17,20,22H,1,15-16,18-19H2,2-8H3/t22-/m0/s1. The number of benzene rings is 2. The lowest BCUT2D eigenvalue weighted by molar-refractivity contribution is 0.0218. The number of anilines is 1. The first-order valence-electron chi connectivity index (χ1n) is 15.7. The SMILES string of the molecule is C=Cc1cc2c(N3CCN(C(=O)OC(C)(C)C)C[C@@H]3C)nc(=O)n(-c3c(C)ccnc3C(C)C)c2c2c1-c1c(F)cccc1CO2. The number of hydrogen-bond acceptors (Lipinski definition) is 7. The lowest BCUT2D eigenvalue weighted by Crippen LogP contribution is -2.55. The molecule has 6 rings (SSSR count). The van der Waals surface area contributed by atoms with Gasteiger partial charge in [0.2, 0.25) is 0 Å². The minimum Gasteiger partial charge on any atom is -0.486 e. The number of halogens is 1. The largest absolute Gasteiger partial charge is 0.486 e. The molecule has 46 heavy (non-hydrogen) atoms. The molecule has 2 aliphatic rings. The van der Waals surface area contributed by atoms with Crippen LogP contribution in [0.2, 0.25) is 0 Å². The molecule has 240 valence electrons. The lowest BCUT2D eigenvalue weighted by atomic mass is 9.90. The molecule has 0 N–H and O–H groups in total. The van der Waals surface area contributed by atoms with Crippen LogP contribution in [0.5, 0.6) is 5.75 Å². The fourth-order valence-electron chi connectivity index (χ4n) is 6.51. The average molecular weight is 626 g/mol. The molecular formula is C36H40FN5O4. The molecule has 0 unspecified atom stereocenters. The molecule has 1 amide bonds. The minimum absolute atomic E-state index is 0.000145. The number of rotatable bonds is 4. The molecule has 10 heteroatoms. The van der Waals surface area contributed by atoms with Gasteiger partial charge in [-0.2, -0.15) is 4.98 Å². The molecule has 1 atom stereocenters. The Kier molecular flexibility index (Phi) is 7.86. The topological polar surface area (TPSA) is 89.8 Å². The van der Waals surface area contributed by atoms with E-state index in [0.717, 1.165) is 11.3 Å². The van der Waals surface area contributed by atoms with Crippen molar-refractivity contribution in [3.05, 3.63) is 81.8 Å². The van der Waals surface area contributed by atoms with Gasteiger partial charge in [0.25, 0.3) is 0 Å². The Balaban J connectivity index is 1.63. The van der Waals surface area contributed by atoms with E-state index in [1.165, 1.54) is 6.07 Å². The van der Waals surface area contributed by atoms with Crippen molar-refractivity contribution in [3.8, 4) is 22.6 Å². The average Bonchev–Trinajstić information content (AvgIpc) is 2.99. The number of ether oxygens (including phenoxy) is 2. The first-order valence-corrected chi connectivity index (χ1v) is 15.7. The third-order valence-corrected chi connectivity index (χ3v) is 8.56. The molecule has 0 saturated carbocycles. The van der Waals surface area contributed by atoms with Crippen LogP contribution in [0, 0.1) is 12.7 Å². The van der Waals surface area contributed by atoms with Crippen molar-refractivity contribution in [2.75, 3.05) is 24.5 Å². The van der Waals surface area contributed by atoms with Crippen molar-refractivity contribution in [2.45, 2.75) is 72.6 Å². The monoisotopic (exact) mass is 625 g/mol. The highest BCUT2D eigenvalue weighted by Crippen LogP contribution is 2.48. The smallest absolute Gasteiger partial charge is 0.410 e. The Morgan fingerprint density at radius 3 is 2.63 bits per heavy atom. The number of nitrogens with zero attached hydrogens (tertiary/aromatic N) is 5. The summed E-state index contributed by atoms with van der Waals surface area (Å²) in [6, 6.07) is 8.54. The van der Waals surface area contributed by atoms with E-state index in [2.05, 4.69) is 11.6 Å². The number of fused-ring (bicyclic) bond motifs is 5. The number of hydrogen-bond donors (Lipinski definition) is 0. The van der Waals surface area contributed by atoms with E-state index in [-0.39, 0.29) is 30.5 Å². The first-order chi connectivity index (χ1) is 21.8. The molecule has 0 radical (unpaired) electrons. The number of pyridine rings is 1. The van der Waals surface area contributed by atoms with Gasteiger partial charge in [-0.3, -0.25) is 9.55 Å². The second kappa shape index (κ2) is 11.6. The first kappa shape index (κ1) is 31.3. The van der Waals surface area contributed by atoms with Crippen molar-refractivity contribution in [2.24, 2.45) is 0 Å². The normalized spacial score (nSPS) is 16.2. The summed E-state index contributed by atoms with van der Waals surface area (Å²) in [5, 5.41) is 0.656. The van der Waals surface area contributed by atoms with E-state index >= 15 is 4.39 Å². The van der Waals surface area contributed by atoms with E-state index in [9.17, 15) is 9.59 Å². The predicted molar refractivity (Wildman–Crippen MR) is 178 cm³/mol.